The summed E-state index contributed by atoms with van der Waals surface area (Å²) in [5.41, 5.74) is 0. The molecule has 0 rings (SSSR count). The predicted molar refractivity (Wildman–Crippen MR) is 33.4 cm³/mol. The van der Waals surface area contributed by atoms with Crippen LogP contribution in [0.4, 0.5) is 0 Å². The van der Waals surface area contributed by atoms with Gasteiger partial charge in [-0.1, -0.05) is 6.08 Å². The van der Waals surface area contributed by atoms with Crippen LogP contribution in [0.25, 0.3) is 0 Å². The Kier molecular flexibility index (Phi) is 4.00. The average molecular weight is 127 g/mol. The van der Waals surface area contributed by atoms with Crippen molar-refractivity contribution in [3.63, 3.8) is 0 Å². The van der Waals surface area contributed by atoms with Crippen LogP contribution in [0.2, 0.25) is 0 Å². The maximum absolute atomic E-state index is 10.0. The molecule has 0 aliphatic rings. The van der Waals surface area contributed by atoms with Crippen LogP contribution in [0.3, 0.4) is 0 Å². The van der Waals surface area contributed by atoms with Gasteiger partial charge in [-0.2, -0.15) is 5.26 Å². The van der Waals surface area contributed by atoms with Gasteiger partial charge < -0.3 is 0 Å². The van der Waals surface area contributed by atoms with E-state index in [1.54, 1.807) is 6.07 Å². The number of rotatable bonds is 2. The van der Waals surface area contributed by atoms with Crippen molar-refractivity contribution in [3.05, 3.63) is 12.2 Å². The Bertz CT molecular complexity index is 145. The number of nitrogens with zero attached hydrogens (tertiary/aromatic N) is 1. The van der Waals surface area contributed by atoms with Crippen LogP contribution in [0.15, 0.2) is 12.2 Å². The molecule has 0 aromatic heterocycles. The molecule has 0 aromatic carbocycles. The maximum Gasteiger partial charge on any atom is 0.189 e. The summed E-state index contributed by atoms with van der Waals surface area (Å²) in [6.07, 6.45) is 2.96. The van der Waals surface area contributed by atoms with E-state index in [4.69, 9.17) is 5.26 Å². The quantitative estimate of drug-likeness (QED) is 0.442. The number of carbonyl (C=O) groups excluding carboxylic acids is 1. The van der Waals surface area contributed by atoms with E-state index < -0.39 is 0 Å². The second-order valence-electron chi connectivity index (χ2n) is 1.13. The lowest BCUT2D eigenvalue weighted by atomic mass is 10.4. The molecule has 42 valence electrons. The number of carbonyl (C=O) groups is 1. The summed E-state index contributed by atoms with van der Waals surface area (Å²) >= 11 is 3.47. The monoisotopic (exact) mass is 127 g/mol. The molecule has 0 aromatic rings. The lowest BCUT2D eigenvalue weighted by Gasteiger charge is -1.76. The van der Waals surface area contributed by atoms with Gasteiger partial charge in [-0.3, -0.25) is 4.79 Å². The Morgan fingerprint density at radius 1 is 1.88 bits per heavy atom. The summed E-state index contributed by atoms with van der Waals surface area (Å²) in [5.74, 6) is 0. The van der Waals surface area contributed by atoms with Crippen molar-refractivity contribution < 1.29 is 4.79 Å². The number of thiol groups is 1. The molecule has 0 spiro atoms. The van der Waals surface area contributed by atoms with E-state index >= 15 is 0 Å². The molecule has 0 saturated heterocycles. The second kappa shape index (κ2) is 4.41. The molecule has 0 atom stereocenters. The van der Waals surface area contributed by atoms with Gasteiger partial charge in [0.2, 0.25) is 0 Å². The normalized spacial score (nSPS) is 9.00. The highest BCUT2D eigenvalue weighted by molar-refractivity contribution is 7.96. The second-order valence-corrected chi connectivity index (χ2v) is 1.63. The molecule has 0 bridgehead atoms. The number of hydrogen-bond donors (Lipinski definition) is 1. The average Bonchev–Trinajstić information content (AvgIpc) is 1.66. The number of allylic oxidation sites excluding steroid dienone is 2. The van der Waals surface area contributed by atoms with Crippen LogP contribution in [0, 0.1) is 11.3 Å². The van der Waals surface area contributed by atoms with Crippen LogP contribution in [0.1, 0.15) is 6.42 Å². The molecule has 0 saturated carbocycles. The molecule has 0 amide bonds. The lowest BCUT2D eigenvalue weighted by molar-refractivity contribution is -0.110. The fourth-order valence-electron chi connectivity index (χ4n) is 0.212. The molecule has 8 heavy (non-hydrogen) atoms. The van der Waals surface area contributed by atoms with Crippen molar-refractivity contribution in [2.45, 2.75) is 6.42 Å². The molecular formula is C5H5NOS. The fourth-order valence-corrected chi connectivity index (χ4v) is 0.318. The van der Waals surface area contributed by atoms with E-state index in [0.717, 1.165) is 0 Å². The van der Waals surface area contributed by atoms with Crippen molar-refractivity contribution in [2.24, 2.45) is 0 Å². The van der Waals surface area contributed by atoms with Gasteiger partial charge in [-0.15, -0.1) is 12.6 Å². The summed E-state index contributed by atoms with van der Waals surface area (Å²) in [5, 5.41) is 7.68. The molecule has 0 heterocycles. The third-order valence-corrected chi connectivity index (χ3v) is 0.667. The van der Waals surface area contributed by atoms with Crippen molar-refractivity contribution in [1.82, 2.24) is 0 Å². The summed E-state index contributed by atoms with van der Waals surface area (Å²) in [6, 6.07) is 1.76. The highest BCUT2D eigenvalue weighted by Crippen LogP contribution is 1.87. The van der Waals surface area contributed by atoms with E-state index in [0.29, 0.717) is 0 Å². The Morgan fingerprint density at radius 2 is 2.50 bits per heavy atom. The predicted octanol–water partition coefficient (Wildman–Crippen LogP) is 0.913. The highest BCUT2D eigenvalue weighted by atomic mass is 32.1. The van der Waals surface area contributed by atoms with E-state index in [-0.39, 0.29) is 11.5 Å². The first-order chi connectivity index (χ1) is 3.77. The third kappa shape index (κ3) is 5.25. The minimum atomic E-state index is -0.225. The first-order valence-corrected chi connectivity index (χ1v) is 2.48. The van der Waals surface area contributed by atoms with Crippen molar-refractivity contribution in [2.75, 3.05) is 0 Å². The molecule has 0 unspecified atom stereocenters. The Hall–Kier alpha value is -0.750. The zero-order chi connectivity index (χ0) is 6.41. The third-order valence-electron chi connectivity index (χ3n) is 0.485. The smallest absolute Gasteiger partial charge is 0.189 e. The van der Waals surface area contributed by atoms with Crippen molar-refractivity contribution in [1.29, 1.82) is 5.26 Å². The number of nitriles is 1. The lowest BCUT2D eigenvalue weighted by Crippen LogP contribution is -1.78. The van der Waals surface area contributed by atoms with Crippen LogP contribution in [-0.2, 0) is 4.79 Å². The van der Waals surface area contributed by atoms with Crippen molar-refractivity contribution >= 4 is 17.7 Å². The van der Waals surface area contributed by atoms with E-state index in [2.05, 4.69) is 12.6 Å². The minimum Gasteiger partial charge on any atom is -0.287 e. The van der Waals surface area contributed by atoms with E-state index in [9.17, 15) is 4.79 Å². The first kappa shape index (κ1) is 7.25. The molecule has 0 radical (unpaired) electrons. The zero-order valence-corrected chi connectivity index (χ0v) is 5.06. The van der Waals surface area contributed by atoms with Crippen molar-refractivity contribution in [3.8, 4) is 6.07 Å². The Morgan fingerprint density at radius 3 is 2.88 bits per heavy atom. The molecular weight excluding hydrogens is 122 g/mol. The molecule has 3 heteroatoms. The molecule has 0 aliphatic heterocycles. The van der Waals surface area contributed by atoms with Gasteiger partial charge in [-0.25, -0.2) is 0 Å². The highest BCUT2D eigenvalue weighted by Gasteiger charge is 1.84. The SMILES string of the molecule is N#C/C=C/CC(=O)S. The fraction of sp³-hybridized carbons (Fsp3) is 0.200. The molecule has 0 fully saturated rings. The Balaban J connectivity index is 3.34. The Labute approximate surface area is 53.2 Å². The van der Waals surface area contributed by atoms with Gasteiger partial charge >= 0.3 is 0 Å². The van der Waals surface area contributed by atoms with E-state index in [1.165, 1.54) is 12.2 Å². The standard InChI is InChI=1S/C5H5NOS/c6-4-2-1-3-5(7)8/h1-2H,3H2,(H,7,8)/b2-1+. The van der Waals surface area contributed by atoms with Gasteiger partial charge in [-0.05, 0) is 0 Å². The van der Waals surface area contributed by atoms with Crippen LogP contribution in [0.5, 0.6) is 0 Å². The molecule has 2 nitrogen and oxygen atoms in total. The van der Waals surface area contributed by atoms with Crippen LogP contribution < -0.4 is 0 Å². The van der Waals surface area contributed by atoms with Gasteiger partial charge in [0.1, 0.15) is 0 Å². The maximum atomic E-state index is 10.0. The zero-order valence-electron chi connectivity index (χ0n) is 4.16. The summed E-state index contributed by atoms with van der Waals surface area (Å²) < 4.78 is 0. The molecule has 0 aliphatic carbocycles. The first-order valence-electron chi connectivity index (χ1n) is 2.04. The topological polar surface area (TPSA) is 40.9 Å². The summed E-state index contributed by atoms with van der Waals surface area (Å²) in [6.45, 7) is 0. The largest absolute Gasteiger partial charge is 0.287 e. The molecule has 0 N–H and O–H groups in total. The van der Waals surface area contributed by atoms with E-state index in [1.807, 2.05) is 0 Å². The minimum absolute atomic E-state index is 0.225. The summed E-state index contributed by atoms with van der Waals surface area (Å²) in [7, 11) is 0. The van der Waals surface area contributed by atoms with Gasteiger partial charge in [0.15, 0.2) is 5.12 Å². The number of hydrogen-bond acceptors (Lipinski definition) is 2. The van der Waals surface area contributed by atoms with Crippen LogP contribution in [-0.4, -0.2) is 5.12 Å². The van der Waals surface area contributed by atoms with Gasteiger partial charge in [0.05, 0.1) is 6.07 Å². The van der Waals surface area contributed by atoms with Crippen LogP contribution >= 0.6 is 12.6 Å². The van der Waals surface area contributed by atoms with Gasteiger partial charge in [0.25, 0.3) is 0 Å². The summed E-state index contributed by atoms with van der Waals surface area (Å²) in [4.78, 5) is 10.0. The van der Waals surface area contributed by atoms with Gasteiger partial charge in [0, 0.05) is 12.5 Å².